The molecule has 2 aromatic rings. The monoisotopic (exact) mass is 294 g/mol. The summed E-state index contributed by atoms with van der Waals surface area (Å²) >= 11 is 0. The van der Waals surface area contributed by atoms with Crippen LogP contribution in [0.4, 0.5) is 0 Å². The predicted molar refractivity (Wildman–Crippen MR) is 79.5 cm³/mol. The molecule has 1 unspecified atom stereocenters. The summed E-state index contributed by atoms with van der Waals surface area (Å²) in [5.74, 6) is 1.31. The van der Waals surface area contributed by atoms with Crippen LogP contribution in [0, 0.1) is 0 Å². The molecule has 0 aliphatic carbocycles. The molecule has 1 aliphatic heterocycles. The first-order valence-electron chi connectivity index (χ1n) is 6.67. The van der Waals surface area contributed by atoms with Crippen molar-refractivity contribution < 1.29 is 4.52 Å². The summed E-state index contributed by atoms with van der Waals surface area (Å²) in [6.07, 6.45) is 2.25. The molecule has 20 heavy (non-hydrogen) atoms. The molecule has 6 heteroatoms. The Hall–Kier alpha value is -1.43. The zero-order chi connectivity index (χ0) is 13.1. The van der Waals surface area contributed by atoms with Crippen molar-refractivity contribution in [2.75, 3.05) is 13.1 Å². The standard InChI is InChI=1S/C14H18N4O.ClH/c15-12-7-4-8-18(9-12)10-13-16-14(19-17-13)11-5-2-1-3-6-11;/h1-3,5-6,12H,4,7-10,15H2;1H. The topological polar surface area (TPSA) is 68.2 Å². The summed E-state index contributed by atoms with van der Waals surface area (Å²) in [6.45, 7) is 2.68. The summed E-state index contributed by atoms with van der Waals surface area (Å²) in [5, 5.41) is 4.04. The molecule has 1 aromatic carbocycles. The van der Waals surface area contributed by atoms with Gasteiger partial charge in [0.05, 0.1) is 6.54 Å². The maximum absolute atomic E-state index is 5.97. The Morgan fingerprint density at radius 2 is 2.10 bits per heavy atom. The van der Waals surface area contributed by atoms with Crippen molar-refractivity contribution >= 4 is 12.4 Å². The lowest BCUT2D eigenvalue weighted by molar-refractivity contribution is 0.195. The van der Waals surface area contributed by atoms with E-state index in [4.69, 9.17) is 10.3 Å². The number of benzene rings is 1. The molecule has 1 aliphatic rings. The van der Waals surface area contributed by atoms with E-state index in [0.29, 0.717) is 12.4 Å². The minimum Gasteiger partial charge on any atom is -0.334 e. The number of likely N-dealkylation sites (tertiary alicyclic amines) is 1. The Morgan fingerprint density at radius 1 is 1.30 bits per heavy atom. The third-order valence-electron chi connectivity index (χ3n) is 3.40. The molecule has 0 spiro atoms. The highest BCUT2D eigenvalue weighted by Crippen LogP contribution is 2.17. The average Bonchev–Trinajstić information content (AvgIpc) is 2.88. The molecule has 1 atom stereocenters. The van der Waals surface area contributed by atoms with Crippen molar-refractivity contribution in [3.05, 3.63) is 36.2 Å². The summed E-state index contributed by atoms with van der Waals surface area (Å²) in [6, 6.07) is 10.1. The van der Waals surface area contributed by atoms with Gasteiger partial charge in [-0.05, 0) is 31.5 Å². The molecule has 1 fully saturated rings. The Kier molecular flexibility index (Phi) is 5.11. The van der Waals surface area contributed by atoms with Crippen LogP contribution in [0.5, 0.6) is 0 Å². The average molecular weight is 295 g/mol. The van der Waals surface area contributed by atoms with Gasteiger partial charge in [0.15, 0.2) is 5.82 Å². The summed E-state index contributed by atoms with van der Waals surface area (Å²) < 4.78 is 5.30. The zero-order valence-corrected chi connectivity index (χ0v) is 12.1. The highest BCUT2D eigenvalue weighted by molar-refractivity contribution is 5.85. The number of rotatable bonds is 3. The summed E-state index contributed by atoms with van der Waals surface area (Å²) in [7, 11) is 0. The van der Waals surface area contributed by atoms with Crippen LogP contribution in [0.25, 0.3) is 11.5 Å². The third-order valence-corrected chi connectivity index (χ3v) is 3.40. The van der Waals surface area contributed by atoms with Crippen LogP contribution in [0.3, 0.4) is 0 Å². The molecule has 2 N–H and O–H groups in total. The van der Waals surface area contributed by atoms with Gasteiger partial charge in [-0.2, -0.15) is 4.98 Å². The predicted octanol–water partition coefficient (Wildman–Crippen LogP) is 2.08. The second kappa shape index (κ2) is 6.83. The van der Waals surface area contributed by atoms with Crippen LogP contribution in [-0.2, 0) is 6.54 Å². The molecule has 3 rings (SSSR count). The van der Waals surface area contributed by atoms with E-state index in [1.807, 2.05) is 30.3 Å². The van der Waals surface area contributed by atoms with Gasteiger partial charge in [0.1, 0.15) is 0 Å². The van der Waals surface area contributed by atoms with Gasteiger partial charge in [-0.1, -0.05) is 23.4 Å². The Balaban J connectivity index is 0.00000147. The maximum atomic E-state index is 5.97. The highest BCUT2D eigenvalue weighted by Gasteiger charge is 2.19. The normalized spacial score (nSPS) is 19.6. The van der Waals surface area contributed by atoms with E-state index in [2.05, 4.69) is 15.0 Å². The van der Waals surface area contributed by atoms with E-state index in [1.165, 1.54) is 0 Å². The fourth-order valence-corrected chi connectivity index (χ4v) is 2.45. The molecule has 0 radical (unpaired) electrons. The largest absolute Gasteiger partial charge is 0.334 e. The lowest BCUT2D eigenvalue weighted by atomic mass is 10.1. The van der Waals surface area contributed by atoms with Crippen molar-refractivity contribution in [2.24, 2.45) is 5.73 Å². The molecule has 1 saturated heterocycles. The fourth-order valence-electron chi connectivity index (χ4n) is 2.45. The van der Waals surface area contributed by atoms with Crippen LogP contribution in [0.2, 0.25) is 0 Å². The Morgan fingerprint density at radius 3 is 2.85 bits per heavy atom. The third kappa shape index (κ3) is 3.56. The van der Waals surface area contributed by atoms with Gasteiger partial charge in [0.2, 0.25) is 0 Å². The number of hydrogen-bond acceptors (Lipinski definition) is 5. The quantitative estimate of drug-likeness (QED) is 0.939. The van der Waals surface area contributed by atoms with Crippen LogP contribution in [0.15, 0.2) is 34.9 Å². The number of nitrogens with zero attached hydrogens (tertiary/aromatic N) is 3. The molecule has 0 bridgehead atoms. The molecule has 108 valence electrons. The molecule has 0 amide bonds. The Labute approximate surface area is 124 Å². The first-order chi connectivity index (χ1) is 9.31. The van der Waals surface area contributed by atoms with Crippen LogP contribution >= 0.6 is 12.4 Å². The van der Waals surface area contributed by atoms with E-state index < -0.39 is 0 Å². The molecular formula is C14H19ClN4O. The number of halogens is 1. The molecule has 5 nitrogen and oxygen atoms in total. The summed E-state index contributed by atoms with van der Waals surface area (Å²) in [5.41, 5.74) is 6.92. The van der Waals surface area contributed by atoms with E-state index in [1.54, 1.807) is 0 Å². The van der Waals surface area contributed by atoms with Gasteiger partial charge in [-0.15, -0.1) is 12.4 Å². The molecular weight excluding hydrogens is 276 g/mol. The first kappa shape index (κ1) is 15.0. The Bertz CT molecular complexity index is 531. The van der Waals surface area contributed by atoms with Crippen molar-refractivity contribution in [1.82, 2.24) is 15.0 Å². The van der Waals surface area contributed by atoms with E-state index in [9.17, 15) is 0 Å². The molecule has 2 heterocycles. The van der Waals surface area contributed by atoms with Gasteiger partial charge in [-0.3, -0.25) is 4.90 Å². The maximum Gasteiger partial charge on any atom is 0.257 e. The van der Waals surface area contributed by atoms with Gasteiger partial charge < -0.3 is 10.3 Å². The van der Waals surface area contributed by atoms with Crippen molar-refractivity contribution in [3.8, 4) is 11.5 Å². The van der Waals surface area contributed by atoms with Crippen molar-refractivity contribution in [1.29, 1.82) is 0 Å². The van der Waals surface area contributed by atoms with Gasteiger partial charge in [0.25, 0.3) is 5.89 Å². The van der Waals surface area contributed by atoms with Crippen LogP contribution in [0.1, 0.15) is 18.7 Å². The zero-order valence-electron chi connectivity index (χ0n) is 11.2. The number of piperidine rings is 1. The minimum atomic E-state index is 0. The highest BCUT2D eigenvalue weighted by atomic mass is 35.5. The van der Waals surface area contributed by atoms with Gasteiger partial charge in [-0.25, -0.2) is 0 Å². The smallest absolute Gasteiger partial charge is 0.257 e. The lowest BCUT2D eigenvalue weighted by Gasteiger charge is -2.29. The fraction of sp³-hybridized carbons (Fsp3) is 0.429. The SMILES string of the molecule is Cl.NC1CCCN(Cc2noc(-c3ccccc3)n2)C1. The van der Waals surface area contributed by atoms with E-state index in [0.717, 1.165) is 37.3 Å². The lowest BCUT2D eigenvalue weighted by Crippen LogP contribution is -2.42. The second-order valence-corrected chi connectivity index (χ2v) is 5.02. The summed E-state index contributed by atoms with van der Waals surface area (Å²) in [4.78, 5) is 6.72. The van der Waals surface area contributed by atoms with E-state index in [-0.39, 0.29) is 18.4 Å². The van der Waals surface area contributed by atoms with Crippen molar-refractivity contribution in [2.45, 2.75) is 25.4 Å². The van der Waals surface area contributed by atoms with Crippen LogP contribution in [-0.4, -0.2) is 34.2 Å². The van der Waals surface area contributed by atoms with E-state index >= 15 is 0 Å². The van der Waals surface area contributed by atoms with Crippen molar-refractivity contribution in [3.63, 3.8) is 0 Å². The van der Waals surface area contributed by atoms with Gasteiger partial charge >= 0.3 is 0 Å². The van der Waals surface area contributed by atoms with Crippen LogP contribution < -0.4 is 5.73 Å². The second-order valence-electron chi connectivity index (χ2n) is 5.02. The minimum absolute atomic E-state index is 0. The number of hydrogen-bond donors (Lipinski definition) is 1. The molecule has 0 saturated carbocycles. The first-order valence-corrected chi connectivity index (χ1v) is 6.67. The number of nitrogens with two attached hydrogens (primary N) is 1. The molecule has 1 aromatic heterocycles. The van der Waals surface area contributed by atoms with Gasteiger partial charge in [0, 0.05) is 18.2 Å². The number of aromatic nitrogens is 2.